The maximum absolute atomic E-state index is 13.0. The molecule has 2 N–H and O–H groups in total. The van der Waals surface area contributed by atoms with Crippen molar-refractivity contribution in [1.82, 2.24) is 15.2 Å². The molecular formula is C15H18F3N3. The molecule has 0 unspecified atom stereocenters. The summed E-state index contributed by atoms with van der Waals surface area (Å²) in [6.45, 7) is 2.76. The fourth-order valence-electron chi connectivity index (χ4n) is 2.94. The number of nitrogens with zero attached hydrogens (tertiary/aromatic N) is 1. The first-order valence-corrected chi connectivity index (χ1v) is 7.11. The van der Waals surface area contributed by atoms with E-state index < -0.39 is 18.6 Å². The van der Waals surface area contributed by atoms with Crippen LogP contribution in [0.25, 0.3) is 10.9 Å². The van der Waals surface area contributed by atoms with Gasteiger partial charge in [0.2, 0.25) is 0 Å². The Balaban J connectivity index is 1.92. The molecule has 1 saturated heterocycles. The Bertz CT molecular complexity index is 599. The van der Waals surface area contributed by atoms with Gasteiger partial charge in [-0.1, -0.05) is 12.1 Å². The van der Waals surface area contributed by atoms with Crippen molar-refractivity contribution in [2.75, 3.05) is 26.2 Å². The first-order chi connectivity index (χ1) is 10.0. The van der Waals surface area contributed by atoms with E-state index in [2.05, 4.69) is 10.3 Å². The molecule has 1 aliphatic heterocycles. The van der Waals surface area contributed by atoms with Gasteiger partial charge >= 0.3 is 6.18 Å². The Morgan fingerprint density at radius 1 is 1.14 bits per heavy atom. The van der Waals surface area contributed by atoms with Crippen LogP contribution in [0.1, 0.15) is 18.0 Å². The average Bonchev–Trinajstić information content (AvgIpc) is 2.92. The highest BCUT2D eigenvalue weighted by atomic mass is 19.4. The van der Waals surface area contributed by atoms with Crippen LogP contribution < -0.4 is 5.32 Å². The van der Waals surface area contributed by atoms with E-state index in [4.69, 9.17) is 0 Å². The molecule has 1 fully saturated rings. The summed E-state index contributed by atoms with van der Waals surface area (Å²) in [5.74, 6) is 0. The van der Waals surface area contributed by atoms with Crippen LogP contribution in [0.15, 0.2) is 30.5 Å². The number of benzene rings is 1. The second-order valence-electron chi connectivity index (χ2n) is 5.45. The molecule has 0 radical (unpaired) electrons. The zero-order valence-corrected chi connectivity index (χ0v) is 11.6. The average molecular weight is 297 g/mol. The molecule has 0 spiro atoms. The summed E-state index contributed by atoms with van der Waals surface area (Å²) in [6, 6.07) is 6.84. The van der Waals surface area contributed by atoms with E-state index in [0.717, 1.165) is 29.6 Å². The van der Waals surface area contributed by atoms with Gasteiger partial charge in [-0.25, -0.2) is 0 Å². The van der Waals surface area contributed by atoms with Gasteiger partial charge in [0.15, 0.2) is 0 Å². The smallest absolute Gasteiger partial charge is 0.361 e. The van der Waals surface area contributed by atoms with Gasteiger partial charge < -0.3 is 10.3 Å². The Kier molecular flexibility index (Phi) is 3.91. The predicted molar refractivity (Wildman–Crippen MR) is 76.2 cm³/mol. The van der Waals surface area contributed by atoms with E-state index in [1.807, 2.05) is 29.2 Å². The Morgan fingerprint density at radius 3 is 2.62 bits per heavy atom. The lowest BCUT2D eigenvalue weighted by Gasteiger charge is -2.35. The zero-order valence-electron chi connectivity index (χ0n) is 11.6. The van der Waals surface area contributed by atoms with Crippen LogP contribution in [0.5, 0.6) is 0 Å². The summed E-state index contributed by atoms with van der Waals surface area (Å²) in [5.41, 5.74) is 1.61. The third kappa shape index (κ3) is 3.39. The summed E-state index contributed by atoms with van der Waals surface area (Å²) in [6.07, 6.45) is -3.17. The quantitative estimate of drug-likeness (QED) is 0.912. The standard InChI is InChI=1S/C15H18F3N3/c16-15(17,18)10-14(21-7-5-19-6-8-21)12-2-1-11-3-4-20-13(11)9-12/h1-4,9,14,19-20H,5-8,10H2/t14-/m0/s1. The molecular weight excluding hydrogens is 279 g/mol. The molecule has 21 heavy (non-hydrogen) atoms. The molecule has 1 aromatic carbocycles. The van der Waals surface area contributed by atoms with Gasteiger partial charge in [-0.3, -0.25) is 4.90 Å². The van der Waals surface area contributed by atoms with Gasteiger partial charge in [-0.15, -0.1) is 0 Å². The van der Waals surface area contributed by atoms with E-state index in [9.17, 15) is 13.2 Å². The van der Waals surface area contributed by atoms with E-state index >= 15 is 0 Å². The predicted octanol–water partition coefficient (Wildman–Crippen LogP) is 3.07. The summed E-state index contributed by atoms with van der Waals surface area (Å²) < 4.78 is 38.9. The highest BCUT2D eigenvalue weighted by Gasteiger charge is 2.36. The number of nitrogens with one attached hydrogen (secondary N) is 2. The lowest BCUT2D eigenvalue weighted by atomic mass is 9.99. The fraction of sp³-hybridized carbons (Fsp3) is 0.467. The molecule has 6 heteroatoms. The van der Waals surface area contributed by atoms with Crippen molar-refractivity contribution in [3.8, 4) is 0 Å². The third-order valence-corrected chi connectivity index (χ3v) is 3.98. The molecule has 1 atom stereocenters. The first kappa shape index (κ1) is 14.4. The van der Waals surface area contributed by atoms with Gasteiger partial charge in [-0.2, -0.15) is 13.2 Å². The summed E-state index contributed by atoms with van der Waals surface area (Å²) in [4.78, 5) is 4.99. The van der Waals surface area contributed by atoms with Gasteiger partial charge in [-0.05, 0) is 23.1 Å². The Labute approximate surface area is 121 Å². The molecule has 1 aliphatic rings. The molecule has 0 aliphatic carbocycles. The molecule has 3 rings (SSSR count). The molecule has 114 valence electrons. The van der Waals surface area contributed by atoms with Crippen molar-refractivity contribution < 1.29 is 13.2 Å². The second-order valence-corrected chi connectivity index (χ2v) is 5.45. The van der Waals surface area contributed by atoms with Crippen molar-refractivity contribution in [1.29, 1.82) is 0 Å². The van der Waals surface area contributed by atoms with Crippen molar-refractivity contribution in [2.45, 2.75) is 18.6 Å². The number of fused-ring (bicyclic) bond motifs is 1. The Hall–Kier alpha value is -1.53. The minimum Gasteiger partial charge on any atom is -0.361 e. The molecule has 1 aromatic heterocycles. The molecule has 2 heterocycles. The number of piperazine rings is 1. The molecule has 3 nitrogen and oxygen atoms in total. The van der Waals surface area contributed by atoms with E-state index in [0.29, 0.717) is 13.1 Å². The van der Waals surface area contributed by atoms with Crippen molar-refractivity contribution in [3.05, 3.63) is 36.0 Å². The maximum atomic E-state index is 13.0. The van der Waals surface area contributed by atoms with Crippen LogP contribution in [0.2, 0.25) is 0 Å². The number of hydrogen-bond acceptors (Lipinski definition) is 2. The number of H-pyrrole nitrogens is 1. The number of aromatic nitrogens is 1. The number of aromatic amines is 1. The first-order valence-electron chi connectivity index (χ1n) is 7.11. The summed E-state index contributed by atoms with van der Waals surface area (Å²) >= 11 is 0. The monoisotopic (exact) mass is 297 g/mol. The van der Waals surface area contributed by atoms with Crippen LogP contribution in [-0.2, 0) is 0 Å². The Morgan fingerprint density at radius 2 is 1.90 bits per heavy atom. The van der Waals surface area contributed by atoms with Crippen LogP contribution in [-0.4, -0.2) is 42.2 Å². The van der Waals surface area contributed by atoms with Crippen molar-refractivity contribution >= 4 is 10.9 Å². The molecule has 0 amide bonds. The minimum absolute atomic E-state index is 0.611. The summed E-state index contributed by atoms with van der Waals surface area (Å²) in [5, 5.41) is 4.20. The lowest BCUT2D eigenvalue weighted by molar-refractivity contribution is -0.148. The van der Waals surface area contributed by atoms with Gasteiger partial charge in [0.05, 0.1) is 6.42 Å². The van der Waals surface area contributed by atoms with Crippen LogP contribution >= 0.6 is 0 Å². The maximum Gasteiger partial charge on any atom is 0.390 e. The molecule has 2 aromatic rings. The number of alkyl halides is 3. The second kappa shape index (κ2) is 5.69. The van der Waals surface area contributed by atoms with Crippen LogP contribution in [0.4, 0.5) is 13.2 Å². The van der Waals surface area contributed by atoms with E-state index in [1.54, 1.807) is 6.20 Å². The van der Waals surface area contributed by atoms with Gasteiger partial charge in [0.25, 0.3) is 0 Å². The molecule has 0 bridgehead atoms. The van der Waals surface area contributed by atoms with Crippen molar-refractivity contribution in [2.24, 2.45) is 0 Å². The van der Waals surface area contributed by atoms with Crippen LogP contribution in [0, 0.1) is 0 Å². The van der Waals surface area contributed by atoms with Crippen LogP contribution in [0.3, 0.4) is 0 Å². The third-order valence-electron chi connectivity index (χ3n) is 3.98. The zero-order chi connectivity index (χ0) is 14.9. The number of halogens is 3. The van der Waals surface area contributed by atoms with Crippen molar-refractivity contribution in [3.63, 3.8) is 0 Å². The largest absolute Gasteiger partial charge is 0.390 e. The molecule has 0 saturated carbocycles. The van der Waals surface area contributed by atoms with Gasteiger partial charge in [0.1, 0.15) is 0 Å². The number of hydrogen-bond donors (Lipinski definition) is 2. The van der Waals surface area contributed by atoms with Gasteiger partial charge in [0, 0.05) is 43.9 Å². The minimum atomic E-state index is -4.17. The normalized spacial score (nSPS) is 19.0. The highest BCUT2D eigenvalue weighted by Crippen LogP contribution is 2.34. The topological polar surface area (TPSA) is 31.1 Å². The SMILES string of the molecule is FC(F)(F)C[C@@H](c1ccc2cc[nH]c2c1)N1CCNCC1. The highest BCUT2D eigenvalue weighted by molar-refractivity contribution is 5.79. The summed E-state index contributed by atoms with van der Waals surface area (Å²) in [7, 11) is 0. The fourth-order valence-corrected chi connectivity index (χ4v) is 2.94. The number of rotatable bonds is 3. The lowest BCUT2D eigenvalue weighted by Crippen LogP contribution is -2.46. The van der Waals surface area contributed by atoms with E-state index in [-0.39, 0.29) is 0 Å². The van der Waals surface area contributed by atoms with E-state index in [1.165, 1.54) is 0 Å².